The average Bonchev–Trinajstić information content (AvgIpc) is 2.04. The van der Waals surface area contributed by atoms with Crippen molar-refractivity contribution in [3.8, 4) is 0 Å². The lowest BCUT2D eigenvalue weighted by molar-refractivity contribution is 0.0992. The Morgan fingerprint density at radius 2 is 2.15 bits per heavy atom. The van der Waals surface area contributed by atoms with Crippen molar-refractivity contribution in [2.45, 2.75) is 6.43 Å². The minimum absolute atomic E-state index is 0.183. The number of carbonyl (C=O) groups is 1. The molecule has 1 heterocycles. The van der Waals surface area contributed by atoms with Gasteiger partial charge in [0.2, 0.25) is 0 Å². The first-order valence-electron chi connectivity index (χ1n) is 3.26. The van der Waals surface area contributed by atoms with E-state index in [9.17, 15) is 13.6 Å². The summed E-state index contributed by atoms with van der Waals surface area (Å²) >= 11 is 2.97. The van der Waals surface area contributed by atoms with E-state index in [1.165, 1.54) is 6.07 Å². The third-order valence-corrected chi connectivity index (χ3v) is 1.96. The number of hydrogen-bond acceptors (Lipinski definition) is 2. The van der Waals surface area contributed by atoms with Crippen LogP contribution < -0.4 is 5.73 Å². The predicted molar refractivity (Wildman–Crippen MR) is 45.4 cm³/mol. The maximum Gasteiger partial charge on any atom is 0.280 e. The third kappa shape index (κ3) is 2.21. The van der Waals surface area contributed by atoms with Crippen molar-refractivity contribution in [2.24, 2.45) is 5.73 Å². The Kier molecular flexibility index (Phi) is 2.92. The van der Waals surface area contributed by atoms with E-state index in [-0.39, 0.29) is 5.69 Å². The summed E-state index contributed by atoms with van der Waals surface area (Å²) in [4.78, 5) is 14.1. The Balaban J connectivity index is 3.19. The fourth-order valence-corrected chi connectivity index (χ4v) is 1.17. The van der Waals surface area contributed by atoms with Gasteiger partial charge >= 0.3 is 0 Å². The van der Waals surface area contributed by atoms with Crippen molar-refractivity contribution in [1.82, 2.24) is 4.98 Å². The van der Waals surface area contributed by atoms with Gasteiger partial charge in [0.1, 0.15) is 11.4 Å². The molecule has 0 spiro atoms. The van der Waals surface area contributed by atoms with Crippen LogP contribution in [0.3, 0.4) is 0 Å². The lowest BCUT2D eigenvalue weighted by Crippen LogP contribution is -2.14. The average molecular weight is 251 g/mol. The van der Waals surface area contributed by atoms with Crippen LogP contribution in [-0.2, 0) is 0 Å². The molecule has 0 atom stereocenters. The third-order valence-electron chi connectivity index (χ3n) is 1.32. The molecule has 2 N–H and O–H groups in total. The molecule has 70 valence electrons. The van der Waals surface area contributed by atoms with Gasteiger partial charge in [-0.15, -0.1) is 0 Å². The molecular weight excluding hydrogens is 246 g/mol. The maximum absolute atomic E-state index is 12.1. The van der Waals surface area contributed by atoms with E-state index in [0.29, 0.717) is 4.47 Å². The lowest BCUT2D eigenvalue weighted by atomic mass is 10.3. The zero-order valence-electron chi connectivity index (χ0n) is 6.30. The SMILES string of the molecule is NC(=O)c1nc(C(F)F)ccc1Br. The highest BCUT2D eigenvalue weighted by Crippen LogP contribution is 2.21. The van der Waals surface area contributed by atoms with Crippen LogP contribution in [0, 0.1) is 0 Å². The molecule has 0 aromatic carbocycles. The molecular formula is C7H5BrF2N2O. The standard InChI is InChI=1S/C7H5BrF2N2O/c8-3-1-2-4(6(9)10)12-5(3)7(11)13/h1-2,6H,(H2,11,13). The van der Waals surface area contributed by atoms with E-state index in [4.69, 9.17) is 5.73 Å². The van der Waals surface area contributed by atoms with Gasteiger partial charge in [0.15, 0.2) is 0 Å². The van der Waals surface area contributed by atoms with Crippen molar-refractivity contribution >= 4 is 21.8 Å². The van der Waals surface area contributed by atoms with Crippen LogP contribution in [-0.4, -0.2) is 10.9 Å². The molecule has 0 saturated heterocycles. The number of halogens is 3. The van der Waals surface area contributed by atoms with Gasteiger partial charge in [-0.25, -0.2) is 13.8 Å². The lowest BCUT2D eigenvalue weighted by Gasteiger charge is -2.02. The smallest absolute Gasteiger partial charge is 0.280 e. The molecule has 1 aromatic heterocycles. The van der Waals surface area contributed by atoms with Gasteiger partial charge in [-0.2, -0.15) is 0 Å². The van der Waals surface area contributed by atoms with Crippen LogP contribution in [0.15, 0.2) is 16.6 Å². The summed E-state index contributed by atoms with van der Waals surface area (Å²) in [5.74, 6) is -0.839. The van der Waals surface area contributed by atoms with Gasteiger partial charge in [-0.05, 0) is 28.1 Å². The van der Waals surface area contributed by atoms with Gasteiger partial charge in [0, 0.05) is 4.47 Å². The maximum atomic E-state index is 12.1. The van der Waals surface area contributed by atoms with Crippen LogP contribution in [0.2, 0.25) is 0 Å². The van der Waals surface area contributed by atoms with Crippen molar-refractivity contribution < 1.29 is 13.6 Å². The molecule has 0 fully saturated rings. The van der Waals surface area contributed by atoms with Crippen LogP contribution in [0.5, 0.6) is 0 Å². The molecule has 13 heavy (non-hydrogen) atoms. The zero-order chi connectivity index (χ0) is 10.0. The highest BCUT2D eigenvalue weighted by Gasteiger charge is 2.14. The number of amides is 1. The topological polar surface area (TPSA) is 56.0 Å². The first kappa shape index (κ1) is 10.0. The molecule has 0 unspecified atom stereocenters. The molecule has 0 saturated carbocycles. The minimum atomic E-state index is -2.70. The van der Waals surface area contributed by atoms with Crippen molar-refractivity contribution in [1.29, 1.82) is 0 Å². The number of carbonyl (C=O) groups excluding carboxylic acids is 1. The second kappa shape index (κ2) is 3.78. The molecule has 1 aromatic rings. The van der Waals surface area contributed by atoms with E-state index < -0.39 is 18.0 Å². The highest BCUT2D eigenvalue weighted by molar-refractivity contribution is 9.10. The van der Waals surface area contributed by atoms with E-state index in [2.05, 4.69) is 20.9 Å². The second-order valence-electron chi connectivity index (χ2n) is 2.23. The van der Waals surface area contributed by atoms with Crippen LogP contribution in [0.25, 0.3) is 0 Å². The van der Waals surface area contributed by atoms with E-state index in [1.54, 1.807) is 0 Å². The number of hydrogen-bond donors (Lipinski definition) is 1. The number of pyridine rings is 1. The second-order valence-corrected chi connectivity index (χ2v) is 3.09. The quantitative estimate of drug-likeness (QED) is 0.872. The summed E-state index contributed by atoms with van der Waals surface area (Å²) in [6.07, 6.45) is -2.70. The van der Waals surface area contributed by atoms with Crippen LogP contribution >= 0.6 is 15.9 Å². The summed E-state index contributed by atoms with van der Waals surface area (Å²) < 4.78 is 24.5. The van der Waals surface area contributed by atoms with E-state index in [0.717, 1.165) is 6.07 Å². The highest BCUT2D eigenvalue weighted by atomic mass is 79.9. The van der Waals surface area contributed by atoms with Crippen LogP contribution in [0.4, 0.5) is 8.78 Å². The number of rotatable bonds is 2. The van der Waals surface area contributed by atoms with E-state index in [1.807, 2.05) is 0 Å². The Morgan fingerprint density at radius 3 is 2.62 bits per heavy atom. The van der Waals surface area contributed by atoms with Crippen molar-refractivity contribution in [3.63, 3.8) is 0 Å². The monoisotopic (exact) mass is 250 g/mol. The van der Waals surface area contributed by atoms with Crippen molar-refractivity contribution in [2.75, 3.05) is 0 Å². The van der Waals surface area contributed by atoms with Gasteiger partial charge < -0.3 is 5.73 Å². The van der Waals surface area contributed by atoms with Crippen LogP contribution in [0.1, 0.15) is 22.6 Å². The van der Waals surface area contributed by atoms with E-state index >= 15 is 0 Å². The normalized spacial score (nSPS) is 10.5. The Morgan fingerprint density at radius 1 is 1.54 bits per heavy atom. The number of primary amides is 1. The molecule has 0 aliphatic rings. The molecule has 1 amide bonds. The largest absolute Gasteiger partial charge is 0.364 e. The van der Waals surface area contributed by atoms with Gasteiger partial charge in [-0.3, -0.25) is 4.79 Å². The van der Waals surface area contributed by atoms with Gasteiger partial charge in [0.25, 0.3) is 12.3 Å². The molecule has 0 aliphatic carbocycles. The molecule has 1 rings (SSSR count). The first-order valence-corrected chi connectivity index (χ1v) is 4.06. The summed E-state index contributed by atoms with van der Waals surface area (Å²) in [6, 6.07) is 2.44. The predicted octanol–water partition coefficient (Wildman–Crippen LogP) is 1.88. The Labute approximate surface area is 81.1 Å². The molecule has 6 heteroatoms. The first-order chi connectivity index (χ1) is 6.02. The number of aromatic nitrogens is 1. The molecule has 0 bridgehead atoms. The summed E-state index contributed by atoms with van der Waals surface area (Å²) in [7, 11) is 0. The zero-order valence-corrected chi connectivity index (χ0v) is 7.88. The summed E-state index contributed by atoms with van der Waals surface area (Å²) in [5, 5.41) is 0. The minimum Gasteiger partial charge on any atom is -0.364 e. The van der Waals surface area contributed by atoms with Gasteiger partial charge in [0.05, 0.1) is 0 Å². The number of nitrogens with zero attached hydrogens (tertiary/aromatic N) is 1. The molecule has 3 nitrogen and oxygen atoms in total. The van der Waals surface area contributed by atoms with Crippen molar-refractivity contribution in [3.05, 3.63) is 28.0 Å². The fraction of sp³-hybridized carbons (Fsp3) is 0.143. The Hall–Kier alpha value is -1.04. The Bertz CT molecular complexity index is 343. The summed E-state index contributed by atoms with van der Waals surface area (Å²) in [6.45, 7) is 0. The molecule has 0 radical (unpaired) electrons. The number of alkyl halides is 2. The van der Waals surface area contributed by atoms with Gasteiger partial charge in [-0.1, -0.05) is 0 Å². The number of nitrogens with two attached hydrogens (primary N) is 1. The molecule has 0 aliphatic heterocycles. The summed E-state index contributed by atoms with van der Waals surface area (Å²) in [5.41, 5.74) is 4.26. The fourth-order valence-electron chi connectivity index (χ4n) is 0.752.